The van der Waals surface area contributed by atoms with E-state index >= 15 is 0 Å². The van der Waals surface area contributed by atoms with E-state index in [1.807, 2.05) is 0 Å². The van der Waals surface area contributed by atoms with Crippen molar-refractivity contribution in [2.75, 3.05) is 5.32 Å². The molecule has 0 saturated carbocycles. The monoisotopic (exact) mass is 228 g/mol. The van der Waals surface area contributed by atoms with Crippen LogP contribution in [0, 0.1) is 0 Å². The van der Waals surface area contributed by atoms with Crippen LogP contribution in [0.2, 0.25) is 5.02 Å². The number of hydrogen-bond donors (Lipinski definition) is 3. The fourth-order valence-electron chi connectivity index (χ4n) is 0.865. The molecule has 1 rings (SSSR count). The number of anilines is 1. The van der Waals surface area contributed by atoms with Crippen molar-refractivity contribution in [3.05, 3.63) is 29.3 Å². The summed E-state index contributed by atoms with van der Waals surface area (Å²) < 4.78 is 0. The average molecular weight is 229 g/mol. The molecule has 0 aliphatic heterocycles. The summed E-state index contributed by atoms with van der Waals surface area (Å²) in [6.07, 6.45) is 0. The van der Waals surface area contributed by atoms with Gasteiger partial charge in [-0.25, -0.2) is 4.79 Å². The van der Waals surface area contributed by atoms with Crippen molar-refractivity contribution in [2.24, 2.45) is 5.73 Å². The number of aliphatic carboxylic acids is 1. The highest BCUT2D eigenvalue weighted by molar-refractivity contribution is 6.30. The van der Waals surface area contributed by atoms with Gasteiger partial charge in [0.25, 0.3) is 5.91 Å². The molecule has 6 heteroatoms. The molecule has 0 spiro atoms. The zero-order valence-electron chi connectivity index (χ0n) is 7.61. The molecular formula is C9H9ClN2O3. The molecule has 4 N–H and O–H groups in total. The van der Waals surface area contributed by atoms with E-state index in [1.54, 1.807) is 24.3 Å². The number of rotatable bonds is 3. The van der Waals surface area contributed by atoms with Gasteiger partial charge in [0.05, 0.1) is 0 Å². The highest BCUT2D eigenvalue weighted by Gasteiger charge is 2.20. The Bertz CT molecular complexity index is 377. The number of nitrogens with one attached hydrogen (secondary N) is 1. The van der Waals surface area contributed by atoms with Crippen LogP contribution in [0.5, 0.6) is 0 Å². The Balaban J connectivity index is 2.66. The number of carbonyl (C=O) groups is 2. The summed E-state index contributed by atoms with van der Waals surface area (Å²) in [7, 11) is 0. The second kappa shape index (κ2) is 4.77. The third-order valence-corrected chi connectivity index (χ3v) is 1.91. The van der Waals surface area contributed by atoms with Crippen LogP contribution in [-0.2, 0) is 9.59 Å². The molecule has 1 aromatic rings. The number of carbonyl (C=O) groups excluding carboxylic acids is 1. The summed E-state index contributed by atoms with van der Waals surface area (Å²) in [4.78, 5) is 21.6. The number of benzene rings is 1. The summed E-state index contributed by atoms with van der Waals surface area (Å²) in [6.45, 7) is 0. The number of amides is 1. The van der Waals surface area contributed by atoms with Crippen LogP contribution in [0.4, 0.5) is 5.69 Å². The second-order valence-corrected chi connectivity index (χ2v) is 3.25. The van der Waals surface area contributed by atoms with Crippen molar-refractivity contribution in [3.8, 4) is 0 Å². The average Bonchev–Trinajstić information content (AvgIpc) is 2.20. The van der Waals surface area contributed by atoms with E-state index in [0.717, 1.165) is 0 Å². The minimum Gasteiger partial charge on any atom is -0.480 e. The molecular weight excluding hydrogens is 220 g/mol. The van der Waals surface area contributed by atoms with Gasteiger partial charge in [-0.1, -0.05) is 11.6 Å². The number of halogens is 1. The maximum absolute atomic E-state index is 11.2. The van der Waals surface area contributed by atoms with Crippen LogP contribution >= 0.6 is 11.6 Å². The summed E-state index contributed by atoms with van der Waals surface area (Å²) in [5, 5.41) is 11.3. The van der Waals surface area contributed by atoms with Gasteiger partial charge in [0.2, 0.25) is 0 Å². The zero-order chi connectivity index (χ0) is 11.4. The first-order valence-electron chi connectivity index (χ1n) is 4.05. The van der Waals surface area contributed by atoms with Crippen molar-refractivity contribution in [1.29, 1.82) is 0 Å². The van der Waals surface area contributed by atoms with E-state index in [9.17, 15) is 9.59 Å². The second-order valence-electron chi connectivity index (χ2n) is 2.81. The SMILES string of the molecule is NC(C(=O)O)C(=O)Nc1ccc(Cl)cc1. The van der Waals surface area contributed by atoms with Crippen LogP contribution in [0.15, 0.2) is 24.3 Å². The lowest BCUT2D eigenvalue weighted by molar-refractivity contribution is -0.141. The van der Waals surface area contributed by atoms with Gasteiger partial charge in [-0.05, 0) is 24.3 Å². The largest absolute Gasteiger partial charge is 0.480 e. The first-order chi connectivity index (χ1) is 7.00. The lowest BCUT2D eigenvalue weighted by atomic mass is 10.2. The zero-order valence-corrected chi connectivity index (χ0v) is 8.36. The lowest BCUT2D eigenvalue weighted by Gasteiger charge is -2.07. The van der Waals surface area contributed by atoms with Gasteiger partial charge in [-0.3, -0.25) is 4.79 Å². The molecule has 1 atom stereocenters. The van der Waals surface area contributed by atoms with Gasteiger partial charge in [0.1, 0.15) is 0 Å². The van der Waals surface area contributed by atoms with Gasteiger partial charge < -0.3 is 16.2 Å². The van der Waals surface area contributed by atoms with E-state index in [4.69, 9.17) is 22.4 Å². The molecule has 0 aliphatic carbocycles. The van der Waals surface area contributed by atoms with Crippen LogP contribution in [0.3, 0.4) is 0 Å². The summed E-state index contributed by atoms with van der Waals surface area (Å²) in [6, 6.07) is 4.68. The van der Waals surface area contributed by atoms with E-state index in [1.165, 1.54) is 0 Å². The summed E-state index contributed by atoms with van der Waals surface area (Å²) in [5.74, 6) is -2.15. The van der Waals surface area contributed by atoms with E-state index in [0.29, 0.717) is 10.7 Å². The standard InChI is InChI=1S/C9H9ClN2O3/c10-5-1-3-6(4-2-5)12-8(13)7(11)9(14)15/h1-4,7H,11H2,(H,12,13)(H,14,15). The first-order valence-corrected chi connectivity index (χ1v) is 4.43. The predicted octanol–water partition coefficient (Wildman–Crippen LogP) is 0.690. The third-order valence-electron chi connectivity index (χ3n) is 1.66. The fraction of sp³-hybridized carbons (Fsp3) is 0.111. The van der Waals surface area contributed by atoms with Crippen molar-refractivity contribution in [3.63, 3.8) is 0 Å². The molecule has 0 saturated heterocycles. The summed E-state index contributed by atoms with van der Waals surface area (Å²) >= 11 is 5.63. The van der Waals surface area contributed by atoms with E-state index in [-0.39, 0.29) is 0 Å². The van der Waals surface area contributed by atoms with Gasteiger partial charge in [-0.2, -0.15) is 0 Å². The quantitative estimate of drug-likeness (QED) is 0.664. The highest BCUT2D eigenvalue weighted by Crippen LogP contribution is 2.13. The Morgan fingerprint density at radius 3 is 2.33 bits per heavy atom. The summed E-state index contributed by atoms with van der Waals surface area (Å²) in [5.41, 5.74) is 5.55. The van der Waals surface area contributed by atoms with Gasteiger partial charge >= 0.3 is 5.97 Å². The van der Waals surface area contributed by atoms with Gasteiger partial charge in [0.15, 0.2) is 6.04 Å². The predicted molar refractivity (Wildman–Crippen MR) is 55.7 cm³/mol. The molecule has 80 valence electrons. The van der Waals surface area contributed by atoms with Crippen LogP contribution in [0.25, 0.3) is 0 Å². The molecule has 0 bridgehead atoms. The minimum absolute atomic E-state index is 0.445. The van der Waals surface area contributed by atoms with Crippen LogP contribution in [0.1, 0.15) is 0 Å². The van der Waals surface area contributed by atoms with E-state index in [2.05, 4.69) is 5.32 Å². The minimum atomic E-state index is -1.57. The molecule has 0 radical (unpaired) electrons. The molecule has 5 nitrogen and oxygen atoms in total. The van der Waals surface area contributed by atoms with Crippen molar-refractivity contribution >= 4 is 29.2 Å². The number of hydrogen-bond acceptors (Lipinski definition) is 3. The Hall–Kier alpha value is -1.59. The Labute approximate surface area is 90.8 Å². The van der Waals surface area contributed by atoms with E-state index < -0.39 is 17.9 Å². The molecule has 0 fully saturated rings. The lowest BCUT2D eigenvalue weighted by Crippen LogP contribution is -2.42. The fourth-order valence-corrected chi connectivity index (χ4v) is 0.991. The highest BCUT2D eigenvalue weighted by atomic mass is 35.5. The Kier molecular flexibility index (Phi) is 3.65. The number of carboxylic acid groups (broad SMARTS) is 1. The number of nitrogens with two attached hydrogens (primary N) is 1. The Morgan fingerprint density at radius 1 is 1.33 bits per heavy atom. The number of carboxylic acids is 1. The Morgan fingerprint density at radius 2 is 1.87 bits per heavy atom. The molecule has 1 amide bonds. The maximum Gasteiger partial charge on any atom is 0.330 e. The van der Waals surface area contributed by atoms with Crippen molar-refractivity contribution < 1.29 is 14.7 Å². The van der Waals surface area contributed by atoms with Crippen LogP contribution < -0.4 is 11.1 Å². The maximum atomic E-state index is 11.2. The van der Waals surface area contributed by atoms with Gasteiger partial charge in [-0.15, -0.1) is 0 Å². The molecule has 0 heterocycles. The van der Waals surface area contributed by atoms with Gasteiger partial charge in [0, 0.05) is 10.7 Å². The normalized spacial score (nSPS) is 11.9. The molecule has 0 aliphatic rings. The van der Waals surface area contributed by atoms with Crippen molar-refractivity contribution in [2.45, 2.75) is 6.04 Å². The molecule has 1 unspecified atom stereocenters. The topological polar surface area (TPSA) is 92.4 Å². The molecule has 15 heavy (non-hydrogen) atoms. The first kappa shape index (κ1) is 11.5. The smallest absolute Gasteiger partial charge is 0.330 e. The molecule has 0 aromatic heterocycles. The van der Waals surface area contributed by atoms with Crippen LogP contribution in [-0.4, -0.2) is 23.0 Å². The van der Waals surface area contributed by atoms with Crippen molar-refractivity contribution in [1.82, 2.24) is 0 Å². The molecule has 1 aromatic carbocycles. The third kappa shape index (κ3) is 3.23.